The average Bonchev–Trinajstić information content (AvgIpc) is 1.28. The number of aromatic amines is 1. The molecule has 3 atom stereocenters. The van der Waals surface area contributed by atoms with Gasteiger partial charge in [-0.1, -0.05) is 111 Å². The minimum absolute atomic E-state index is 0.0695. The van der Waals surface area contributed by atoms with Crippen LogP contribution >= 0.6 is 0 Å². The molecule has 9 rings (SSSR count). The van der Waals surface area contributed by atoms with Gasteiger partial charge in [0, 0.05) is 121 Å². The van der Waals surface area contributed by atoms with Gasteiger partial charge in [-0.15, -0.1) is 0 Å². The van der Waals surface area contributed by atoms with Crippen molar-refractivity contribution in [1.82, 2.24) is 30.1 Å². The maximum Gasteiger partial charge on any atom is 0.295 e. The number of nitrogens with one attached hydrogen (secondary N) is 4. The molecule has 2 aliphatic rings. The lowest BCUT2D eigenvalue weighted by molar-refractivity contribution is -0.918. The third kappa shape index (κ3) is 15.6. The summed E-state index contributed by atoms with van der Waals surface area (Å²) in [6.07, 6.45) is 4.98. The summed E-state index contributed by atoms with van der Waals surface area (Å²) in [7, 11) is -7.28. The van der Waals surface area contributed by atoms with Crippen molar-refractivity contribution >= 4 is 66.6 Å². The lowest BCUT2D eigenvalue weighted by Gasteiger charge is -2.37. The lowest BCUT2D eigenvalue weighted by Crippen LogP contribution is -2.56. The van der Waals surface area contributed by atoms with Crippen LogP contribution in [0.25, 0.3) is 23.1 Å². The molecule has 458 valence electrons. The van der Waals surface area contributed by atoms with Crippen LogP contribution in [0.5, 0.6) is 11.5 Å². The molecule has 5 N–H and O–H groups in total. The fourth-order valence-electron chi connectivity index (χ4n) is 11.8. The maximum absolute atomic E-state index is 15.0. The summed E-state index contributed by atoms with van der Waals surface area (Å²) >= 11 is 0. The van der Waals surface area contributed by atoms with Gasteiger partial charge in [0.1, 0.15) is 35.0 Å². The van der Waals surface area contributed by atoms with Crippen molar-refractivity contribution in [3.63, 3.8) is 0 Å². The Balaban J connectivity index is 0.945. The van der Waals surface area contributed by atoms with Crippen molar-refractivity contribution in [2.24, 2.45) is 0 Å². The number of quaternary nitrogens is 1. The fraction of sp³-hybridized carbons (Fsp3) is 0.338. The second-order valence-electron chi connectivity index (χ2n) is 22.8. The SMILES string of the molecule is C=c1ccc2c(c1)Oc1cc(N(CC)CC)ccc1C=2c1ccc(S(=O)(=O)NCCCCC(NC(=O)C2=CC[N+](C)(Cc3ccccc3)CC2)C(=O)NC(Cc2c[nH]c3ccccc23)C(=O)N(CC)CCN(CC)Cc2ccccc2)cc1S(=O)(=O)O. The zero-order valence-electron chi connectivity index (χ0n) is 50.4. The Morgan fingerprint density at radius 1 is 0.747 bits per heavy atom. The van der Waals surface area contributed by atoms with Crippen LogP contribution in [-0.4, -0.2) is 136 Å². The number of para-hydroxylation sites is 1. The minimum Gasteiger partial charge on any atom is -0.456 e. The molecule has 0 bridgehead atoms. The molecule has 0 saturated heterocycles. The van der Waals surface area contributed by atoms with E-state index < -0.39 is 53.8 Å². The molecule has 17 nitrogen and oxygen atoms in total. The van der Waals surface area contributed by atoms with Crippen LogP contribution < -0.4 is 35.4 Å². The van der Waals surface area contributed by atoms with Crippen LogP contribution in [0.3, 0.4) is 0 Å². The summed E-state index contributed by atoms with van der Waals surface area (Å²) in [6, 6.07) is 40.5. The predicted octanol–water partition coefficient (Wildman–Crippen LogP) is 8.03. The summed E-state index contributed by atoms with van der Waals surface area (Å²) in [6.45, 7) is 18.4. The summed E-state index contributed by atoms with van der Waals surface area (Å²) in [5.74, 6) is -0.347. The van der Waals surface area contributed by atoms with Gasteiger partial charge >= 0.3 is 0 Å². The molecule has 1 aromatic heterocycles. The first kappa shape index (κ1) is 63.6. The number of nitrogens with zero attached hydrogens (tertiary/aromatic N) is 4. The van der Waals surface area contributed by atoms with Gasteiger partial charge in [0.15, 0.2) is 0 Å². The molecule has 19 heteroatoms. The second-order valence-corrected chi connectivity index (χ2v) is 25.9. The molecule has 3 heterocycles. The number of amides is 3. The molecule has 0 fully saturated rings. The first-order valence-corrected chi connectivity index (χ1v) is 33.0. The third-order valence-corrected chi connectivity index (χ3v) is 19.1. The van der Waals surface area contributed by atoms with Gasteiger partial charge in [-0.2, -0.15) is 8.42 Å². The lowest BCUT2D eigenvalue weighted by atomic mass is 9.92. The van der Waals surface area contributed by atoms with Crippen LogP contribution in [0.1, 0.15) is 81.2 Å². The highest BCUT2D eigenvalue weighted by Crippen LogP contribution is 2.40. The van der Waals surface area contributed by atoms with Gasteiger partial charge in [0.25, 0.3) is 10.1 Å². The zero-order chi connectivity index (χ0) is 61.9. The number of H-pyrrole nitrogens is 1. The fourth-order valence-corrected chi connectivity index (χ4v) is 13.6. The van der Waals surface area contributed by atoms with Crippen LogP contribution in [0, 0.1) is 0 Å². The monoisotopic (exact) mass is 1220 g/mol. The van der Waals surface area contributed by atoms with Crippen molar-refractivity contribution in [2.45, 2.75) is 94.8 Å². The number of aromatic nitrogens is 1. The molecule has 0 saturated carbocycles. The molecule has 7 aromatic rings. The van der Waals surface area contributed by atoms with Crippen LogP contribution in [0.4, 0.5) is 5.69 Å². The van der Waals surface area contributed by atoms with Crippen molar-refractivity contribution in [1.29, 1.82) is 0 Å². The van der Waals surface area contributed by atoms with Crippen molar-refractivity contribution < 1.29 is 45.0 Å². The van der Waals surface area contributed by atoms with E-state index in [1.807, 2.05) is 112 Å². The number of hydrogen-bond acceptors (Lipinski definition) is 10. The molecule has 87 heavy (non-hydrogen) atoms. The molecule has 3 amide bonds. The third-order valence-electron chi connectivity index (χ3n) is 16.7. The summed E-state index contributed by atoms with van der Waals surface area (Å²) in [4.78, 5) is 52.7. The molecule has 3 unspecified atom stereocenters. The van der Waals surface area contributed by atoms with E-state index in [2.05, 4.69) is 75.0 Å². The number of hydrogen-bond donors (Lipinski definition) is 5. The highest BCUT2D eigenvalue weighted by molar-refractivity contribution is 7.89. The number of unbranched alkanes of at least 4 members (excludes halogenated alkanes) is 1. The number of ether oxygens (including phenoxy) is 1. The first-order valence-electron chi connectivity index (χ1n) is 30.1. The highest BCUT2D eigenvalue weighted by atomic mass is 32.2. The van der Waals surface area contributed by atoms with E-state index >= 15 is 0 Å². The van der Waals surface area contributed by atoms with Gasteiger partial charge in [0.05, 0.1) is 25.0 Å². The number of carbonyl (C=O) groups is 3. The highest BCUT2D eigenvalue weighted by Gasteiger charge is 2.34. The summed E-state index contributed by atoms with van der Waals surface area (Å²) < 4.78 is 75.5. The number of likely N-dealkylation sites (N-methyl/N-ethyl adjacent to an activating group) is 3. The van der Waals surface area contributed by atoms with E-state index in [4.69, 9.17) is 4.74 Å². The van der Waals surface area contributed by atoms with E-state index in [0.29, 0.717) is 88.8 Å². The van der Waals surface area contributed by atoms with Gasteiger partial charge in [-0.05, 0) is 105 Å². The topological polar surface area (TPSA) is 211 Å². The molecule has 0 spiro atoms. The smallest absolute Gasteiger partial charge is 0.295 e. The Hall–Kier alpha value is -7.91. The van der Waals surface area contributed by atoms with Crippen LogP contribution in [-0.2, 0) is 54.0 Å². The Kier molecular flexibility index (Phi) is 20.7. The van der Waals surface area contributed by atoms with E-state index in [1.165, 1.54) is 17.7 Å². The zero-order valence-corrected chi connectivity index (χ0v) is 52.1. The van der Waals surface area contributed by atoms with Crippen molar-refractivity contribution in [3.8, 4) is 11.5 Å². The van der Waals surface area contributed by atoms with E-state index in [0.717, 1.165) is 60.0 Å². The van der Waals surface area contributed by atoms with Gasteiger partial charge < -0.3 is 34.6 Å². The number of carbonyl (C=O) groups excluding carboxylic acids is 3. The second kappa shape index (κ2) is 28.3. The Morgan fingerprint density at radius 3 is 2.15 bits per heavy atom. The van der Waals surface area contributed by atoms with E-state index in [1.54, 1.807) is 23.1 Å². The molecule has 2 aliphatic heterocycles. The maximum atomic E-state index is 15.0. The minimum atomic E-state index is -5.04. The van der Waals surface area contributed by atoms with Crippen molar-refractivity contribution in [3.05, 3.63) is 196 Å². The molecule has 0 radical (unpaired) electrons. The number of rotatable bonds is 28. The number of sulfonamides is 1. The molecular formula is C68H81N8O9S2+. The Labute approximate surface area is 511 Å². The summed E-state index contributed by atoms with van der Waals surface area (Å²) in [5.41, 5.74) is 6.55. The average molecular weight is 1220 g/mol. The summed E-state index contributed by atoms with van der Waals surface area (Å²) in [5, 5.41) is 8.22. The van der Waals surface area contributed by atoms with Crippen LogP contribution in [0.2, 0.25) is 0 Å². The van der Waals surface area contributed by atoms with E-state index in [9.17, 15) is 35.8 Å². The van der Waals surface area contributed by atoms with Gasteiger partial charge in [-0.25, -0.2) is 13.1 Å². The number of fused-ring (bicyclic) bond motifs is 3. The normalized spacial score (nSPS) is 15.6. The van der Waals surface area contributed by atoms with Gasteiger partial charge in [-0.3, -0.25) is 23.8 Å². The Bertz CT molecular complexity index is 3990. The van der Waals surface area contributed by atoms with Crippen LogP contribution in [0.15, 0.2) is 167 Å². The van der Waals surface area contributed by atoms with Crippen molar-refractivity contribution in [2.75, 3.05) is 70.9 Å². The predicted molar refractivity (Wildman–Crippen MR) is 342 cm³/mol. The molecule has 6 aromatic carbocycles. The molecule has 0 aliphatic carbocycles. The first-order chi connectivity index (χ1) is 41.8. The largest absolute Gasteiger partial charge is 0.456 e. The number of anilines is 1. The van der Waals surface area contributed by atoms with Gasteiger partial charge in [0.2, 0.25) is 27.7 Å². The standard InChI is InChI=1S/C68H80N8O9S2/c1-7-73(46-49-21-13-11-14-22-49)37-38-75(10-4)68(79)61(42-52-45-69-59-26-18-17-25-55(52)59)72-67(78)60(71-66(77)51-34-39-76(6,40-35-51)47-50-23-15-12-16-24-50)27-19-20-36-70-86(80,81)54-30-33-58(64(44-54)87(82,83)84)65-56-31-28-48(5)41-62(56)85-63-43-53(29-32-57(63)65)74(8-2)9-3/h11-18,21-26,28-34,41,43-45,60-61,69-70H,5,7-10,19-20,27,35-40,42,46-47H2,1-4,6H3,(H2-,71,72,77,78,82,83,84)/p+1. The molecular weight excluding hydrogens is 1140 g/mol. The van der Waals surface area contributed by atoms with E-state index in [-0.39, 0.29) is 43.7 Å². The number of benzene rings is 6. The quantitative estimate of drug-likeness (QED) is 0.0180. The Morgan fingerprint density at radius 2 is 1.46 bits per heavy atom.